The summed E-state index contributed by atoms with van der Waals surface area (Å²) in [5, 5.41) is 2.99. The zero-order valence-corrected chi connectivity index (χ0v) is 8.14. The van der Waals surface area contributed by atoms with Gasteiger partial charge in [0.2, 0.25) is 5.89 Å². The Balaban J connectivity index is 2.77. The van der Waals surface area contributed by atoms with Gasteiger partial charge in [-0.1, -0.05) is 20.8 Å². The van der Waals surface area contributed by atoms with Gasteiger partial charge in [-0.2, -0.15) is 0 Å². The van der Waals surface area contributed by atoms with Gasteiger partial charge < -0.3 is 9.73 Å². The molecule has 0 aliphatic carbocycles. The fraction of sp³-hybridized carbons (Fsp3) is 0.667. The highest BCUT2D eigenvalue weighted by atomic mass is 16.3. The quantitative estimate of drug-likeness (QED) is 0.730. The van der Waals surface area contributed by atoms with Crippen molar-refractivity contribution in [1.29, 1.82) is 0 Å². The van der Waals surface area contributed by atoms with E-state index in [4.69, 9.17) is 4.42 Å². The summed E-state index contributed by atoms with van der Waals surface area (Å²) in [6.07, 6.45) is 1.73. The minimum absolute atomic E-state index is 0.0789. The van der Waals surface area contributed by atoms with Gasteiger partial charge in [0.25, 0.3) is 0 Å². The maximum Gasteiger partial charge on any atom is 0.208 e. The normalized spacial score (nSPS) is 12.0. The number of oxazole rings is 1. The molecule has 0 unspecified atom stereocenters. The SMILES string of the molecule is CNCc1nc(C(C)(C)C)co1. The van der Waals surface area contributed by atoms with Crippen LogP contribution in [0, 0.1) is 0 Å². The molecule has 0 saturated heterocycles. The third-order valence-corrected chi connectivity index (χ3v) is 1.65. The summed E-state index contributed by atoms with van der Waals surface area (Å²) in [6, 6.07) is 0. The van der Waals surface area contributed by atoms with Crippen molar-refractivity contribution >= 4 is 0 Å². The molecular weight excluding hydrogens is 152 g/mol. The lowest BCUT2D eigenvalue weighted by Crippen LogP contribution is -2.12. The molecule has 0 aliphatic heterocycles. The second kappa shape index (κ2) is 3.27. The minimum Gasteiger partial charge on any atom is -0.447 e. The number of hydrogen-bond donors (Lipinski definition) is 1. The van der Waals surface area contributed by atoms with E-state index in [9.17, 15) is 0 Å². The van der Waals surface area contributed by atoms with Crippen LogP contribution in [-0.4, -0.2) is 12.0 Å². The number of aromatic nitrogens is 1. The lowest BCUT2D eigenvalue weighted by molar-refractivity contribution is 0.478. The largest absolute Gasteiger partial charge is 0.447 e. The summed E-state index contributed by atoms with van der Waals surface area (Å²) >= 11 is 0. The van der Waals surface area contributed by atoms with Crippen LogP contribution in [0.3, 0.4) is 0 Å². The van der Waals surface area contributed by atoms with Crippen LogP contribution in [0.2, 0.25) is 0 Å². The van der Waals surface area contributed by atoms with Gasteiger partial charge in [0.05, 0.1) is 12.2 Å². The molecule has 68 valence electrons. The molecule has 3 heteroatoms. The number of rotatable bonds is 2. The number of nitrogens with zero attached hydrogens (tertiary/aromatic N) is 1. The van der Waals surface area contributed by atoms with Crippen LogP contribution in [-0.2, 0) is 12.0 Å². The highest BCUT2D eigenvalue weighted by Crippen LogP contribution is 2.20. The van der Waals surface area contributed by atoms with Gasteiger partial charge in [0.1, 0.15) is 6.26 Å². The van der Waals surface area contributed by atoms with Crippen molar-refractivity contribution in [3.63, 3.8) is 0 Å². The molecule has 1 N–H and O–H groups in total. The second-order valence-electron chi connectivity index (χ2n) is 3.91. The predicted molar refractivity (Wildman–Crippen MR) is 48.0 cm³/mol. The summed E-state index contributed by atoms with van der Waals surface area (Å²) in [5.74, 6) is 0.752. The molecule has 1 rings (SSSR count). The molecule has 12 heavy (non-hydrogen) atoms. The van der Waals surface area contributed by atoms with E-state index in [1.807, 2.05) is 7.05 Å². The van der Waals surface area contributed by atoms with Crippen molar-refractivity contribution in [1.82, 2.24) is 10.3 Å². The number of hydrogen-bond acceptors (Lipinski definition) is 3. The predicted octanol–water partition coefficient (Wildman–Crippen LogP) is 1.69. The monoisotopic (exact) mass is 168 g/mol. The molecule has 1 aromatic heterocycles. The Kier molecular flexibility index (Phi) is 2.52. The first-order chi connectivity index (χ1) is 5.54. The molecule has 1 heterocycles. The average molecular weight is 168 g/mol. The van der Waals surface area contributed by atoms with Gasteiger partial charge in [0.15, 0.2) is 0 Å². The van der Waals surface area contributed by atoms with Crippen LogP contribution in [0.4, 0.5) is 0 Å². The van der Waals surface area contributed by atoms with E-state index in [0.717, 1.165) is 11.6 Å². The summed E-state index contributed by atoms with van der Waals surface area (Å²) in [6.45, 7) is 7.05. The summed E-state index contributed by atoms with van der Waals surface area (Å²) in [5.41, 5.74) is 1.09. The summed E-state index contributed by atoms with van der Waals surface area (Å²) in [7, 11) is 1.88. The van der Waals surface area contributed by atoms with E-state index in [1.54, 1.807) is 6.26 Å². The molecule has 0 saturated carbocycles. The van der Waals surface area contributed by atoms with E-state index < -0.39 is 0 Å². The van der Waals surface area contributed by atoms with Crippen molar-refractivity contribution in [2.24, 2.45) is 0 Å². The van der Waals surface area contributed by atoms with E-state index in [2.05, 4.69) is 31.1 Å². The van der Waals surface area contributed by atoms with E-state index in [1.165, 1.54) is 0 Å². The maximum absolute atomic E-state index is 5.26. The molecule has 0 atom stereocenters. The molecule has 0 radical (unpaired) electrons. The standard InChI is InChI=1S/C9H16N2O/c1-9(2,3)7-6-12-8(11-7)5-10-4/h6,10H,5H2,1-4H3. The van der Waals surface area contributed by atoms with Gasteiger partial charge in [0, 0.05) is 5.41 Å². The first kappa shape index (κ1) is 9.26. The number of nitrogens with one attached hydrogen (secondary N) is 1. The summed E-state index contributed by atoms with van der Waals surface area (Å²) < 4.78 is 5.26. The molecule has 0 spiro atoms. The molecular formula is C9H16N2O. The fourth-order valence-corrected chi connectivity index (χ4v) is 0.888. The molecule has 0 aliphatic rings. The van der Waals surface area contributed by atoms with Crippen LogP contribution in [0.25, 0.3) is 0 Å². The van der Waals surface area contributed by atoms with Gasteiger partial charge in [-0.25, -0.2) is 4.98 Å². The van der Waals surface area contributed by atoms with Crippen molar-refractivity contribution in [2.75, 3.05) is 7.05 Å². The van der Waals surface area contributed by atoms with Gasteiger partial charge in [-0.15, -0.1) is 0 Å². The van der Waals surface area contributed by atoms with Crippen LogP contribution in [0.1, 0.15) is 32.4 Å². The first-order valence-electron chi connectivity index (χ1n) is 4.13. The highest BCUT2D eigenvalue weighted by molar-refractivity contribution is 5.08. The molecule has 0 amide bonds. The Bertz CT molecular complexity index is 247. The topological polar surface area (TPSA) is 38.1 Å². The summed E-state index contributed by atoms with van der Waals surface area (Å²) in [4.78, 5) is 4.34. The van der Waals surface area contributed by atoms with E-state index in [0.29, 0.717) is 6.54 Å². The minimum atomic E-state index is 0.0789. The second-order valence-corrected chi connectivity index (χ2v) is 3.91. The van der Waals surface area contributed by atoms with Crippen molar-refractivity contribution < 1.29 is 4.42 Å². The van der Waals surface area contributed by atoms with Gasteiger partial charge in [-0.05, 0) is 7.05 Å². The maximum atomic E-state index is 5.26. The lowest BCUT2D eigenvalue weighted by atomic mass is 9.93. The van der Waals surface area contributed by atoms with Crippen LogP contribution < -0.4 is 5.32 Å². The average Bonchev–Trinajstić information content (AvgIpc) is 2.35. The Morgan fingerprint density at radius 2 is 2.17 bits per heavy atom. The first-order valence-corrected chi connectivity index (χ1v) is 4.13. The molecule has 1 aromatic rings. The zero-order chi connectivity index (χ0) is 9.19. The van der Waals surface area contributed by atoms with Crippen molar-refractivity contribution in [2.45, 2.75) is 32.7 Å². The lowest BCUT2D eigenvalue weighted by Gasteiger charge is -2.12. The van der Waals surface area contributed by atoms with E-state index in [-0.39, 0.29) is 5.41 Å². The highest BCUT2D eigenvalue weighted by Gasteiger charge is 2.17. The van der Waals surface area contributed by atoms with E-state index >= 15 is 0 Å². The van der Waals surface area contributed by atoms with Gasteiger partial charge in [-0.3, -0.25) is 0 Å². The molecule has 0 aromatic carbocycles. The Morgan fingerprint density at radius 3 is 2.58 bits per heavy atom. The third-order valence-electron chi connectivity index (χ3n) is 1.65. The Hall–Kier alpha value is -0.830. The van der Waals surface area contributed by atoms with Crippen LogP contribution in [0.5, 0.6) is 0 Å². The fourth-order valence-electron chi connectivity index (χ4n) is 0.888. The molecule has 3 nitrogen and oxygen atoms in total. The van der Waals surface area contributed by atoms with Crippen molar-refractivity contribution in [3.05, 3.63) is 17.8 Å². The zero-order valence-electron chi connectivity index (χ0n) is 8.14. The van der Waals surface area contributed by atoms with Crippen LogP contribution >= 0.6 is 0 Å². The van der Waals surface area contributed by atoms with Crippen LogP contribution in [0.15, 0.2) is 10.7 Å². The molecule has 0 fully saturated rings. The Labute approximate surface area is 73.2 Å². The third kappa shape index (κ3) is 2.08. The van der Waals surface area contributed by atoms with Crippen molar-refractivity contribution in [3.8, 4) is 0 Å². The molecule has 0 bridgehead atoms. The Morgan fingerprint density at radius 1 is 1.50 bits per heavy atom. The smallest absolute Gasteiger partial charge is 0.208 e. The van der Waals surface area contributed by atoms with Gasteiger partial charge >= 0.3 is 0 Å².